The number of nitrogens with one attached hydrogen (secondary N) is 2. The van der Waals surface area contributed by atoms with Crippen molar-refractivity contribution in [2.75, 3.05) is 26.8 Å². The third kappa shape index (κ3) is 11.0. The Morgan fingerprint density at radius 3 is 2.46 bits per heavy atom. The number of hydrogen-bond acceptors (Lipinski definition) is 5. The molecule has 0 aliphatic heterocycles. The topological polar surface area (TPSA) is 103 Å². The molecule has 1 aromatic rings. The smallest absolute Gasteiger partial charge is 0.239 e. The fourth-order valence-electron chi connectivity index (χ4n) is 2.58. The van der Waals surface area contributed by atoms with Gasteiger partial charge in [-0.3, -0.25) is 9.59 Å². The molecule has 1 aromatic carbocycles. The van der Waals surface area contributed by atoms with Gasteiger partial charge in [-0.05, 0) is 45.1 Å². The minimum absolute atomic E-state index is 0.0672. The van der Waals surface area contributed by atoms with Gasteiger partial charge in [0.25, 0.3) is 0 Å². The van der Waals surface area contributed by atoms with Crippen LogP contribution < -0.4 is 16.4 Å². The molecule has 28 heavy (non-hydrogen) atoms. The van der Waals surface area contributed by atoms with Crippen molar-refractivity contribution in [3.8, 4) is 0 Å². The lowest BCUT2D eigenvalue weighted by Gasteiger charge is -2.15. The molecule has 158 valence electrons. The van der Waals surface area contributed by atoms with Crippen molar-refractivity contribution in [3.05, 3.63) is 35.9 Å². The van der Waals surface area contributed by atoms with Gasteiger partial charge in [0.1, 0.15) is 0 Å². The van der Waals surface area contributed by atoms with Crippen LogP contribution in [0, 0.1) is 0 Å². The molecule has 4 N–H and O–H groups in total. The number of ether oxygens (including phenoxy) is 2. The van der Waals surface area contributed by atoms with Crippen LogP contribution in [0.5, 0.6) is 0 Å². The maximum atomic E-state index is 12.0. The monoisotopic (exact) mass is 393 g/mol. The van der Waals surface area contributed by atoms with E-state index < -0.39 is 6.04 Å². The number of carbonyl (C=O) groups excluding carboxylic acids is 2. The molecule has 7 heteroatoms. The van der Waals surface area contributed by atoms with E-state index in [4.69, 9.17) is 15.2 Å². The van der Waals surface area contributed by atoms with Gasteiger partial charge < -0.3 is 25.8 Å². The molecular weight excluding hydrogens is 358 g/mol. The summed E-state index contributed by atoms with van der Waals surface area (Å²) in [4.78, 5) is 23.8. The fourth-order valence-corrected chi connectivity index (χ4v) is 2.58. The van der Waals surface area contributed by atoms with E-state index in [-0.39, 0.29) is 30.6 Å². The first-order chi connectivity index (χ1) is 13.4. The van der Waals surface area contributed by atoms with E-state index in [1.807, 2.05) is 44.2 Å². The summed E-state index contributed by atoms with van der Waals surface area (Å²) < 4.78 is 10.9. The third-order valence-electron chi connectivity index (χ3n) is 4.50. The molecule has 0 bridgehead atoms. The number of amides is 2. The van der Waals surface area contributed by atoms with Gasteiger partial charge in [0.15, 0.2) is 0 Å². The van der Waals surface area contributed by atoms with E-state index in [2.05, 4.69) is 10.6 Å². The summed E-state index contributed by atoms with van der Waals surface area (Å²) in [6, 6.07) is 8.88. The summed E-state index contributed by atoms with van der Waals surface area (Å²) >= 11 is 0. The molecule has 0 heterocycles. The van der Waals surface area contributed by atoms with Gasteiger partial charge in [-0.25, -0.2) is 0 Å². The van der Waals surface area contributed by atoms with Gasteiger partial charge in [0, 0.05) is 20.3 Å². The van der Waals surface area contributed by atoms with E-state index in [0.29, 0.717) is 19.6 Å². The molecule has 2 amide bonds. The van der Waals surface area contributed by atoms with Gasteiger partial charge in [-0.1, -0.05) is 30.3 Å². The number of methoxy groups -OCH3 is 1. The summed E-state index contributed by atoms with van der Waals surface area (Å²) in [6.07, 6.45) is 3.31. The summed E-state index contributed by atoms with van der Waals surface area (Å²) in [5.74, 6) is -0.547. The van der Waals surface area contributed by atoms with Crippen LogP contribution in [-0.2, 0) is 25.5 Å². The summed E-state index contributed by atoms with van der Waals surface area (Å²) in [6.45, 7) is 5.18. The minimum atomic E-state index is -0.672. The minimum Gasteiger partial charge on any atom is -0.382 e. The van der Waals surface area contributed by atoms with Gasteiger partial charge in [-0.2, -0.15) is 0 Å². The second kappa shape index (κ2) is 14.1. The molecule has 0 fully saturated rings. The second-order valence-corrected chi connectivity index (χ2v) is 7.02. The largest absolute Gasteiger partial charge is 0.382 e. The molecule has 1 rings (SSSR count). The lowest BCUT2D eigenvalue weighted by atomic mass is 10.1. The first kappa shape index (κ1) is 24.1. The van der Waals surface area contributed by atoms with E-state index in [1.54, 1.807) is 7.11 Å². The molecule has 0 radical (unpaired) electrons. The Morgan fingerprint density at radius 1 is 1.07 bits per heavy atom. The van der Waals surface area contributed by atoms with Crippen LogP contribution in [0.15, 0.2) is 30.3 Å². The normalized spacial score (nSPS) is 14.1. The second-order valence-electron chi connectivity index (χ2n) is 7.02. The highest BCUT2D eigenvalue weighted by molar-refractivity contribution is 5.87. The molecule has 0 spiro atoms. The first-order valence-corrected chi connectivity index (χ1v) is 9.90. The number of carbonyl (C=O) groups is 2. The molecular formula is C21H35N3O4. The highest BCUT2D eigenvalue weighted by Crippen LogP contribution is 2.04. The number of nitrogens with two attached hydrogens (primary N) is 1. The van der Waals surface area contributed by atoms with Crippen LogP contribution in [0.25, 0.3) is 0 Å². The molecule has 0 saturated heterocycles. The predicted molar refractivity (Wildman–Crippen MR) is 110 cm³/mol. The Labute approximate surface area is 168 Å². The molecule has 3 unspecified atom stereocenters. The molecule has 0 saturated carbocycles. The lowest BCUT2D eigenvalue weighted by molar-refractivity contribution is -0.126. The maximum Gasteiger partial charge on any atom is 0.239 e. The lowest BCUT2D eigenvalue weighted by Crippen LogP contribution is -2.46. The van der Waals surface area contributed by atoms with Crippen molar-refractivity contribution in [1.29, 1.82) is 0 Å². The van der Waals surface area contributed by atoms with Crippen molar-refractivity contribution >= 4 is 11.8 Å². The van der Waals surface area contributed by atoms with Crippen LogP contribution in [0.4, 0.5) is 0 Å². The van der Waals surface area contributed by atoms with Gasteiger partial charge in [0.2, 0.25) is 11.8 Å². The molecule has 0 aromatic heterocycles. The number of benzene rings is 1. The van der Waals surface area contributed by atoms with Crippen molar-refractivity contribution < 1.29 is 19.1 Å². The molecule has 7 nitrogen and oxygen atoms in total. The number of rotatable bonds is 14. The number of hydrogen-bond donors (Lipinski definition) is 3. The highest BCUT2D eigenvalue weighted by Gasteiger charge is 2.14. The van der Waals surface area contributed by atoms with Crippen molar-refractivity contribution in [3.63, 3.8) is 0 Å². The molecule has 3 atom stereocenters. The van der Waals surface area contributed by atoms with E-state index in [1.165, 1.54) is 0 Å². The summed E-state index contributed by atoms with van der Waals surface area (Å²) in [5.41, 5.74) is 6.88. The Morgan fingerprint density at radius 2 is 1.79 bits per heavy atom. The Balaban J connectivity index is 2.09. The molecule has 0 aliphatic carbocycles. The predicted octanol–water partition coefficient (Wildman–Crippen LogP) is 1.40. The quantitative estimate of drug-likeness (QED) is 0.415. The van der Waals surface area contributed by atoms with Gasteiger partial charge >= 0.3 is 0 Å². The Kier molecular flexibility index (Phi) is 12.1. The summed E-state index contributed by atoms with van der Waals surface area (Å²) in [7, 11) is 1.69. The molecule has 0 aliphatic rings. The van der Waals surface area contributed by atoms with Crippen LogP contribution in [0.1, 0.15) is 38.7 Å². The van der Waals surface area contributed by atoms with Crippen LogP contribution in [-0.4, -0.2) is 56.9 Å². The first-order valence-electron chi connectivity index (χ1n) is 9.90. The van der Waals surface area contributed by atoms with Crippen molar-refractivity contribution in [2.24, 2.45) is 5.73 Å². The van der Waals surface area contributed by atoms with Crippen LogP contribution in [0.3, 0.4) is 0 Å². The highest BCUT2D eigenvalue weighted by atomic mass is 16.5. The summed E-state index contributed by atoms with van der Waals surface area (Å²) in [5, 5.41) is 5.38. The average molecular weight is 394 g/mol. The maximum absolute atomic E-state index is 12.0. The van der Waals surface area contributed by atoms with E-state index >= 15 is 0 Å². The van der Waals surface area contributed by atoms with Gasteiger partial charge in [0.05, 0.1) is 24.8 Å². The zero-order chi connectivity index (χ0) is 20.8. The van der Waals surface area contributed by atoms with Gasteiger partial charge in [-0.15, -0.1) is 0 Å². The van der Waals surface area contributed by atoms with Crippen LogP contribution in [0.2, 0.25) is 0 Å². The zero-order valence-corrected chi connectivity index (χ0v) is 17.3. The van der Waals surface area contributed by atoms with Crippen molar-refractivity contribution in [2.45, 2.75) is 57.8 Å². The SMILES string of the molecule is COC(C)CCOC(C)CCCNC(=O)CNC(=O)C(N)Cc1ccccc1. The van der Waals surface area contributed by atoms with E-state index in [9.17, 15) is 9.59 Å². The Hall–Kier alpha value is -1.96. The van der Waals surface area contributed by atoms with Crippen LogP contribution >= 0.6 is 0 Å². The van der Waals surface area contributed by atoms with E-state index in [0.717, 1.165) is 24.8 Å². The third-order valence-corrected chi connectivity index (χ3v) is 4.50. The average Bonchev–Trinajstić information content (AvgIpc) is 2.69. The van der Waals surface area contributed by atoms with Crippen molar-refractivity contribution in [1.82, 2.24) is 10.6 Å². The Bertz CT molecular complexity index is 568. The standard InChI is InChI=1S/C21H35N3O4/c1-16(27-3)11-13-28-17(2)8-7-12-23-20(25)15-24-21(26)19(22)14-18-9-5-4-6-10-18/h4-6,9-10,16-17,19H,7-8,11-15,22H2,1-3H3,(H,23,25)(H,24,26). The zero-order valence-electron chi connectivity index (χ0n) is 17.3. The fraction of sp³-hybridized carbons (Fsp3) is 0.619.